The second-order valence-electron chi connectivity index (χ2n) is 5.59. The van der Waals surface area contributed by atoms with Crippen molar-refractivity contribution in [3.63, 3.8) is 0 Å². The zero-order chi connectivity index (χ0) is 16.4. The topological polar surface area (TPSA) is 30.7 Å². The highest BCUT2D eigenvalue weighted by Gasteiger charge is 2.12. The minimum absolute atomic E-state index is 0.723. The average Bonchev–Trinajstić information content (AvgIpc) is 2.90. The third kappa shape index (κ3) is 3.59. The standard InChI is InChI=1S/C18H18ClN3S/c1-12-4-5-13(2)15(10-12)11-23-18-21-20-17(22(18)3)14-6-8-16(19)9-7-14/h4-10H,11H2,1-3H3. The van der Waals surface area contributed by atoms with Crippen molar-refractivity contribution in [3.05, 3.63) is 64.2 Å². The van der Waals surface area contributed by atoms with Gasteiger partial charge in [-0.2, -0.15) is 0 Å². The van der Waals surface area contributed by atoms with Gasteiger partial charge < -0.3 is 4.57 Å². The number of aromatic nitrogens is 3. The first kappa shape index (κ1) is 16.1. The summed E-state index contributed by atoms with van der Waals surface area (Å²) in [6, 6.07) is 14.2. The van der Waals surface area contributed by atoms with Crippen LogP contribution >= 0.6 is 23.4 Å². The predicted molar refractivity (Wildman–Crippen MR) is 96.9 cm³/mol. The molecule has 0 radical (unpaired) electrons. The van der Waals surface area contributed by atoms with Crippen molar-refractivity contribution in [3.8, 4) is 11.4 Å². The van der Waals surface area contributed by atoms with Gasteiger partial charge in [0, 0.05) is 23.4 Å². The lowest BCUT2D eigenvalue weighted by molar-refractivity contribution is 0.793. The van der Waals surface area contributed by atoms with Crippen LogP contribution in [0.5, 0.6) is 0 Å². The van der Waals surface area contributed by atoms with E-state index in [1.54, 1.807) is 11.8 Å². The molecule has 1 aromatic heterocycles. The van der Waals surface area contributed by atoms with Crippen LogP contribution in [0.2, 0.25) is 5.02 Å². The molecule has 0 aliphatic heterocycles. The van der Waals surface area contributed by atoms with Crippen molar-refractivity contribution in [1.29, 1.82) is 0 Å². The lowest BCUT2D eigenvalue weighted by atomic mass is 10.1. The summed E-state index contributed by atoms with van der Waals surface area (Å²) >= 11 is 7.65. The molecule has 0 bridgehead atoms. The Kier molecular flexibility index (Phi) is 4.74. The monoisotopic (exact) mass is 343 g/mol. The molecule has 0 atom stereocenters. The molecule has 0 N–H and O–H groups in total. The first-order valence-corrected chi connectivity index (χ1v) is 8.75. The molecular weight excluding hydrogens is 326 g/mol. The minimum Gasteiger partial charge on any atom is -0.305 e. The zero-order valence-corrected chi connectivity index (χ0v) is 14.9. The second kappa shape index (κ2) is 6.77. The highest BCUT2D eigenvalue weighted by atomic mass is 35.5. The van der Waals surface area contributed by atoms with Crippen LogP contribution in [-0.4, -0.2) is 14.8 Å². The van der Waals surface area contributed by atoms with Gasteiger partial charge in [-0.15, -0.1) is 10.2 Å². The van der Waals surface area contributed by atoms with E-state index in [0.29, 0.717) is 0 Å². The summed E-state index contributed by atoms with van der Waals surface area (Å²) in [6.45, 7) is 4.26. The molecule has 0 aliphatic rings. The summed E-state index contributed by atoms with van der Waals surface area (Å²) in [5.74, 6) is 1.74. The van der Waals surface area contributed by atoms with Crippen LogP contribution in [0.1, 0.15) is 16.7 Å². The third-order valence-electron chi connectivity index (χ3n) is 3.80. The van der Waals surface area contributed by atoms with Crippen molar-refractivity contribution in [2.75, 3.05) is 0 Å². The Hall–Kier alpha value is -1.78. The maximum absolute atomic E-state index is 5.94. The first-order chi connectivity index (χ1) is 11.0. The van der Waals surface area contributed by atoms with Crippen molar-refractivity contribution in [1.82, 2.24) is 14.8 Å². The molecular formula is C18H18ClN3S. The van der Waals surface area contributed by atoms with Gasteiger partial charge in [0.2, 0.25) is 0 Å². The Balaban J connectivity index is 1.79. The van der Waals surface area contributed by atoms with E-state index < -0.39 is 0 Å². The number of hydrogen-bond donors (Lipinski definition) is 0. The Morgan fingerprint density at radius 1 is 1.04 bits per heavy atom. The SMILES string of the molecule is Cc1ccc(C)c(CSc2nnc(-c3ccc(Cl)cc3)n2C)c1. The van der Waals surface area contributed by atoms with E-state index in [1.165, 1.54) is 16.7 Å². The molecule has 3 nitrogen and oxygen atoms in total. The molecule has 3 rings (SSSR count). The zero-order valence-electron chi connectivity index (χ0n) is 13.4. The van der Waals surface area contributed by atoms with Gasteiger partial charge in [0.05, 0.1) is 0 Å². The average molecular weight is 344 g/mol. The molecule has 5 heteroatoms. The number of nitrogens with zero attached hydrogens (tertiary/aromatic N) is 3. The van der Waals surface area contributed by atoms with Crippen LogP contribution in [0, 0.1) is 13.8 Å². The van der Waals surface area contributed by atoms with Gasteiger partial charge in [0.15, 0.2) is 11.0 Å². The van der Waals surface area contributed by atoms with E-state index in [4.69, 9.17) is 11.6 Å². The lowest BCUT2D eigenvalue weighted by Gasteiger charge is -2.07. The molecule has 23 heavy (non-hydrogen) atoms. The highest BCUT2D eigenvalue weighted by molar-refractivity contribution is 7.98. The number of thioether (sulfide) groups is 1. The summed E-state index contributed by atoms with van der Waals surface area (Å²) in [6.07, 6.45) is 0. The molecule has 2 aromatic carbocycles. The van der Waals surface area contributed by atoms with Crippen LogP contribution in [0.25, 0.3) is 11.4 Å². The maximum atomic E-state index is 5.94. The van der Waals surface area contributed by atoms with Gasteiger partial charge in [-0.3, -0.25) is 0 Å². The van der Waals surface area contributed by atoms with E-state index >= 15 is 0 Å². The molecule has 0 aliphatic carbocycles. The van der Waals surface area contributed by atoms with Crippen LogP contribution in [0.4, 0.5) is 0 Å². The maximum Gasteiger partial charge on any atom is 0.191 e. The molecule has 3 aromatic rings. The third-order valence-corrected chi connectivity index (χ3v) is 5.12. The van der Waals surface area contributed by atoms with Gasteiger partial charge in [0.1, 0.15) is 0 Å². The van der Waals surface area contributed by atoms with E-state index in [0.717, 1.165) is 27.3 Å². The van der Waals surface area contributed by atoms with Crippen LogP contribution in [-0.2, 0) is 12.8 Å². The Morgan fingerprint density at radius 3 is 2.52 bits per heavy atom. The largest absolute Gasteiger partial charge is 0.305 e. The summed E-state index contributed by atoms with van der Waals surface area (Å²) in [5, 5.41) is 10.3. The Labute approximate surface area is 145 Å². The Bertz CT molecular complexity index is 825. The molecule has 0 fully saturated rings. The number of halogens is 1. The van der Waals surface area contributed by atoms with Crippen LogP contribution < -0.4 is 0 Å². The fraction of sp³-hybridized carbons (Fsp3) is 0.222. The number of aryl methyl sites for hydroxylation is 2. The van der Waals surface area contributed by atoms with Crippen LogP contribution in [0.3, 0.4) is 0 Å². The van der Waals surface area contributed by atoms with E-state index in [2.05, 4.69) is 42.2 Å². The van der Waals surface area contributed by atoms with Crippen molar-refractivity contribution in [2.24, 2.45) is 7.05 Å². The Morgan fingerprint density at radius 2 is 1.78 bits per heavy atom. The normalized spacial score (nSPS) is 11.0. The molecule has 0 saturated carbocycles. The summed E-state index contributed by atoms with van der Waals surface area (Å²) in [7, 11) is 2.00. The van der Waals surface area contributed by atoms with Crippen molar-refractivity contribution >= 4 is 23.4 Å². The van der Waals surface area contributed by atoms with Gasteiger partial charge >= 0.3 is 0 Å². The van der Waals surface area contributed by atoms with Crippen molar-refractivity contribution < 1.29 is 0 Å². The van der Waals surface area contributed by atoms with Gasteiger partial charge in [-0.25, -0.2) is 0 Å². The highest BCUT2D eigenvalue weighted by Crippen LogP contribution is 2.27. The number of benzene rings is 2. The van der Waals surface area contributed by atoms with E-state index in [-0.39, 0.29) is 0 Å². The molecule has 0 spiro atoms. The lowest BCUT2D eigenvalue weighted by Crippen LogP contribution is -1.95. The van der Waals surface area contributed by atoms with Crippen molar-refractivity contribution in [2.45, 2.75) is 24.8 Å². The number of rotatable bonds is 4. The summed E-state index contributed by atoms with van der Waals surface area (Å²) in [4.78, 5) is 0. The quantitative estimate of drug-likeness (QED) is 0.621. The van der Waals surface area contributed by atoms with Gasteiger partial charge in [-0.05, 0) is 49.2 Å². The molecule has 118 valence electrons. The number of hydrogen-bond acceptors (Lipinski definition) is 3. The van der Waals surface area contributed by atoms with Crippen LogP contribution in [0.15, 0.2) is 47.6 Å². The fourth-order valence-electron chi connectivity index (χ4n) is 2.39. The molecule has 0 saturated heterocycles. The molecule has 0 unspecified atom stereocenters. The molecule has 1 heterocycles. The smallest absolute Gasteiger partial charge is 0.191 e. The fourth-order valence-corrected chi connectivity index (χ4v) is 3.49. The summed E-state index contributed by atoms with van der Waals surface area (Å²) < 4.78 is 2.03. The second-order valence-corrected chi connectivity index (χ2v) is 6.97. The van der Waals surface area contributed by atoms with E-state index in [9.17, 15) is 0 Å². The first-order valence-electron chi connectivity index (χ1n) is 7.39. The van der Waals surface area contributed by atoms with Gasteiger partial charge in [0.25, 0.3) is 0 Å². The minimum atomic E-state index is 0.723. The van der Waals surface area contributed by atoms with Gasteiger partial charge in [-0.1, -0.05) is 47.1 Å². The van der Waals surface area contributed by atoms with E-state index in [1.807, 2.05) is 35.9 Å². The molecule has 0 amide bonds. The predicted octanol–water partition coefficient (Wildman–Crippen LogP) is 5.04. The summed E-state index contributed by atoms with van der Waals surface area (Å²) in [5.41, 5.74) is 4.95.